The van der Waals surface area contributed by atoms with Crippen molar-refractivity contribution in [1.29, 1.82) is 0 Å². The molecule has 0 spiro atoms. The first kappa shape index (κ1) is 23.7. The number of carbonyl (C=O) groups excluding carboxylic acids is 2. The van der Waals surface area contributed by atoms with Crippen LogP contribution in [0.15, 0.2) is 48.5 Å². The van der Waals surface area contributed by atoms with E-state index in [2.05, 4.69) is 5.32 Å². The van der Waals surface area contributed by atoms with E-state index in [0.717, 1.165) is 23.1 Å². The van der Waals surface area contributed by atoms with Crippen LogP contribution in [0.5, 0.6) is 0 Å². The topological polar surface area (TPSA) is 64.6 Å². The molecule has 0 aliphatic rings. The molecule has 0 aliphatic heterocycles. The molecule has 5 nitrogen and oxygen atoms in total. The van der Waals surface area contributed by atoms with Gasteiger partial charge in [0.2, 0.25) is 0 Å². The lowest BCUT2D eigenvalue weighted by atomic mass is 9.99. The zero-order valence-electron chi connectivity index (χ0n) is 18.0. The van der Waals surface area contributed by atoms with E-state index >= 15 is 0 Å². The largest absolute Gasteiger partial charge is 0.466 e. The number of benzene rings is 2. The highest BCUT2D eigenvalue weighted by molar-refractivity contribution is 6.30. The standard InChI is InChI=1S/C24H30ClNO4/c1-5-13-29-22(27)16-21(26-23(28)30-24(2,3)4)14-17-9-11-18(12-10-17)19-7-6-8-20(25)15-19/h6-12,15,21H,5,13-14,16H2,1-4H3,(H,26,28)/t21-/m1/s1. The number of hydrogen-bond donors (Lipinski definition) is 1. The van der Waals surface area contributed by atoms with Gasteiger partial charge in [0, 0.05) is 11.1 Å². The average molecular weight is 432 g/mol. The predicted molar refractivity (Wildman–Crippen MR) is 120 cm³/mol. The van der Waals surface area contributed by atoms with Gasteiger partial charge >= 0.3 is 12.1 Å². The molecule has 2 aromatic carbocycles. The Morgan fingerprint density at radius 3 is 2.37 bits per heavy atom. The molecule has 2 rings (SSSR count). The van der Waals surface area contributed by atoms with Gasteiger partial charge in [0.05, 0.1) is 13.0 Å². The van der Waals surface area contributed by atoms with E-state index in [1.54, 1.807) is 20.8 Å². The first-order valence-electron chi connectivity index (χ1n) is 10.2. The number of hydrogen-bond acceptors (Lipinski definition) is 4. The first-order valence-corrected chi connectivity index (χ1v) is 10.5. The number of alkyl carbamates (subject to hydrolysis) is 1. The highest BCUT2D eigenvalue weighted by Gasteiger charge is 2.22. The molecular weight excluding hydrogens is 402 g/mol. The fourth-order valence-electron chi connectivity index (χ4n) is 2.91. The van der Waals surface area contributed by atoms with Crippen molar-refractivity contribution in [2.45, 2.75) is 58.6 Å². The summed E-state index contributed by atoms with van der Waals surface area (Å²) in [6, 6.07) is 15.2. The average Bonchev–Trinajstić information content (AvgIpc) is 2.65. The molecule has 0 fully saturated rings. The molecule has 1 atom stereocenters. The second-order valence-electron chi connectivity index (χ2n) is 8.18. The second kappa shape index (κ2) is 11.0. The van der Waals surface area contributed by atoms with Crippen LogP contribution in [-0.4, -0.2) is 30.3 Å². The summed E-state index contributed by atoms with van der Waals surface area (Å²) < 4.78 is 10.5. The quantitative estimate of drug-likeness (QED) is 0.537. The smallest absolute Gasteiger partial charge is 0.407 e. The number of halogens is 1. The third kappa shape index (κ3) is 8.46. The molecular formula is C24H30ClNO4. The van der Waals surface area contributed by atoms with Crippen LogP contribution in [0.1, 0.15) is 46.1 Å². The molecule has 0 unspecified atom stereocenters. The summed E-state index contributed by atoms with van der Waals surface area (Å²) >= 11 is 6.08. The maximum atomic E-state index is 12.2. The van der Waals surface area contributed by atoms with Crippen LogP contribution >= 0.6 is 11.6 Å². The van der Waals surface area contributed by atoms with Gasteiger partial charge in [-0.2, -0.15) is 0 Å². The lowest BCUT2D eigenvalue weighted by Gasteiger charge is -2.23. The Balaban J connectivity index is 2.09. The van der Waals surface area contributed by atoms with Crippen LogP contribution in [0.4, 0.5) is 4.79 Å². The van der Waals surface area contributed by atoms with E-state index in [9.17, 15) is 9.59 Å². The molecule has 0 bridgehead atoms. The van der Waals surface area contributed by atoms with E-state index in [1.807, 2.05) is 55.5 Å². The molecule has 0 saturated carbocycles. The van der Waals surface area contributed by atoms with E-state index in [4.69, 9.17) is 21.1 Å². The van der Waals surface area contributed by atoms with E-state index in [-0.39, 0.29) is 12.4 Å². The van der Waals surface area contributed by atoms with Crippen molar-refractivity contribution in [1.82, 2.24) is 5.32 Å². The summed E-state index contributed by atoms with van der Waals surface area (Å²) in [5.41, 5.74) is 2.45. The van der Waals surface area contributed by atoms with Crippen molar-refractivity contribution in [2.24, 2.45) is 0 Å². The molecule has 0 aromatic heterocycles. The Morgan fingerprint density at radius 2 is 1.77 bits per heavy atom. The van der Waals surface area contributed by atoms with Gasteiger partial charge in [0.1, 0.15) is 5.60 Å². The fraction of sp³-hybridized carbons (Fsp3) is 0.417. The highest BCUT2D eigenvalue weighted by atomic mass is 35.5. The van der Waals surface area contributed by atoms with Gasteiger partial charge < -0.3 is 14.8 Å². The summed E-state index contributed by atoms with van der Waals surface area (Å²) in [5, 5.41) is 3.49. The van der Waals surface area contributed by atoms with Crippen LogP contribution in [0.25, 0.3) is 11.1 Å². The number of nitrogens with one attached hydrogen (secondary N) is 1. The van der Waals surface area contributed by atoms with Gasteiger partial charge in [-0.1, -0.05) is 54.9 Å². The first-order chi connectivity index (χ1) is 14.2. The number of carbonyl (C=O) groups is 2. The summed E-state index contributed by atoms with van der Waals surface area (Å²) in [6.45, 7) is 7.69. The minimum Gasteiger partial charge on any atom is -0.466 e. The predicted octanol–water partition coefficient (Wildman–Crippen LogP) is 5.79. The van der Waals surface area contributed by atoms with Crippen LogP contribution in [0.3, 0.4) is 0 Å². The molecule has 162 valence electrons. The lowest BCUT2D eigenvalue weighted by Crippen LogP contribution is -2.41. The number of rotatable bonds is 8. The van der Waals surface area contributed by atoms with Crippen molar-refractivity contribution < 1.29 is 19.1 Å². The summed E-state index contributed by atoms with van der Waals surface area (Å²) in [6.07, 6.45) is 0.762. The Kier molecular flexibility index (Phi) is 8.72. The Morgan fingerprint density at radius 1 is 1.07 bits per heavy atom. The monoisotopic (exact) mass is 431 g/mol. The van der Waals surface area contributed by atoms with Gasteiger partial charge in [0.25, 0.3) is 0 Å². The molecule has 30 heavy (non-hydrogen) atoms. The zero-order chi connectivity index (χ0) is 22.1. The van der Waals surface area contributed by atoms with Gasteiger partial charge in [0.15, 0.2) is 0 Å². The molecule has 0 aliphatic carbocycles. The molecule has 0 radical (unpaired) electrons. The lowest BCUT2D eigenvalue weighted by molar-refractivity contribution is -0.144. The molecule has 2 aromatic rings. The number of amides is 1. The van der Waals surface area contributed by atoms with E-state index in [1.165, 1.54) is 0 Å². The third-order valence-corrected chi connectivity index (χ3v) is 4.43. The zero-order valence-corrected chi connectivity index (χ0v) is 18.8. The van der Waals surface area contributed by atoms with Crippen molar-refractivity contribution in [3.05, 3.63) is 59.1 Å². The molecule has 0 heterocycles. The summed E-state index contributed by atoms with van der Waals surface area (Å²) in [7, 11) is 0. The minimum absolute atomic E-state index is 0.0787. The maximum Gasteiger partial charge on any atom is 0.407 e. The fourth-order valence-corrected chi connectivity index (χ4v) is 3.10. The van der Waals surface area contributed by atoms with Crippen LogP contribution < -0.4 is 5.32 Å². The number of esters is 1. The van der Waals surface area contributed by atoms with Crippen molar-refractivity contribution in [2.75, 3.05) is 6.61 Å². The molecule has 1 amide bonds. The maximum absolute atomic E-state index is 12.2. The molecule has 1 N–H and O–H groups in total. The van der Waals surface area contributed by atoms with Gasteiger partial charge in [-0.15, -0.1) is 0 Å². The number of ether oxygens (including phenoxy) is 2. The van der Waals surface area contributed by atoms with Crippen LogP contribution in [-0.2, 0) is 20.7 Å². The summed E-state index contributed by atoms with van der Waals surface area (Å²) in [4.78, 5) is 24.3. The van der Waals surface area contributed by atoms with Crippen molar-refractivity contribution in [3.63, 3.8) is 0 Å². The van der Waals surface area contributed by atoms with Gasteiger partial charge in [-0.05, 0) is 62.4 Å². The third-order valence-electron chi connectivity index (χ3n) is 4.20. The Hall–Kier alpha value is -2.53. The normalized spacial score (nSPS) is 12.2. The van der Waals surface area contributed by atoms with Crippen LogP contribution in [0.2, 0.25) is 5.02 Å². The SMILES string of the molecule is CCCOC(=O)C[C@@H](Cc1ccc(-c2cccc(Cl)c2)cc1)NC(=O)OC(C)(C)C. The highest BCUT2D eigenvalue weighted by Crippen LogP contribution is 2.23. The van der Waals surface area contributed by atoms with Crippen LogP contribution in [0, 0.1) is 0 Å². The second-order valence-corrected chi connectivity index (χ2v) is 8.62. The van der Waals surface area contributed by atoms with Crippen molar-refractivity contribution in [3.8, 4) is 11.1 Å². The van der Waals surface area contributed by atoms with Gasteiger partial charge in [-0.25, -0.2) is 4.79 Å². The minimum atomic E-state index is -0.615. The molecule has 0 saturated heterocycles. The van der Waals surface area contributed by atoms with E-state index < -0.39 is 17.7 Å². The Bertz CT molecular complexity index is 843. The van der Waals surface area contributed by atoms with Gasteiger partial charge in [-0.3, -0.25) is 4.79 Å². The van der Waals surface area contributed by atoms with Crippen molar-refractivity contribution >= 4 is 23.7 Å². The molecule has 6 heteroatoms. The Labute approximate surface area is 183 Å². The van der Waals surface area contributed by atoms with E-state index in [0.29, 0.717) is 18.1 Å². The summed E-state index contributed by atoms with van der Waals surface area (Å²) in [5.74, 6) is -0.339.